The molecule has 7 heteroatoms. The summed E-state index contributed by atoms with van der Waals surface area (Å²) in [6, 6.07) is -0.139. The number of ether oxygens (including phenoxy) is 1. The summed E-state index contributed by atoms with van der Waals surface area (Å²) in [4.78, 5) is 17.4. The molecular weight excluding hydrogens is 250 g/mol. The van der Waals surface area contributed by atoms with Crippen molar-refractivity contribution in [2.45, 2.75) is 32.9 Å². The van der Waals surface area contributed by atoms with E-state index in [1.54, 1.807) is 0 Å². The van der Waals surface area contributed by atoms with Crippen molar-refractivity contribution >= 4 is 5.97 Å². The second-order valence-electron chi connectivity index (χ2n) is 4.57. The summed E-state index contributed by atoms with van der Waals surface area (Å²) in [6.07, 6.45) is 0.722. The predicted octanol–water partition coefficient (Wildman–Crippen LogP) is 0.554. The minimum absolute atomic E-state index is 0.139. The zero-order valence-corrected chi connectivity index (χ0v) is 11.2. The second-order valence-corrected chi connectivity index (χ2v) is 4.57. The van der Waals surface area contributed by atoms with Crippen LogP contribution in [0.1, 0.15) is 25.6 Å². The number of hydrogen-bond acceptors (Lipinski definition) is 6. The Morgan fingerprint density at radius 3 is 2.84 bits per heavy atom. The fourth-order valence-corrected chi connectivity index (χ4v) is 2.27. The lowest BCUT2D eigenvalue weighted by molar-refractivity contribution is -0.143. The van der Waals surface area contributed by atoms with E-state index in [9.17, 15) is 9.90 Å². The number of nitrogens with zero attached hydrogens (tertiary/aromatic N) is 3. The third-order valence-electron chi connectivity index (χ3n) is 3.41. The van der Waals surface area contributed by atoms with Crippen LogP contribution in [-0.4, -0.2) is 51.9 Å². The molecule has 1 saturated heterocycles. The van der Waals surface area contributed by atoms with Crippen LogP contribution in [0, 0.1) is 5.92 Å². The molecule has 2 unspecified atom stereocenters. The maximum atomic E-state index is 11.2. The summed E-state index contributed by atoms with van der Waals surface area (Å²) in [6.45, 7) is 5.80. The van der Waals surface area contributed by atoms with Crippen LogP contribution in [0.25, 0.3) is 0 Å². The Labute approximate surface area is 111 Å². The van der Waals surface area contributed by atoms with Crippen LogP contribution in [-0.2, 0) is 22.5 Å². The number of aryl methyl sites for hydroxylation is 1. The molecule has 2 heterocycles. The summed E-state index contributed by atoms with van der Waals surface area (Å²) in [7, 11) is 0. The van der Waals surface area contributed by atoms with Gasteiger partial charge in [-0.1, -0.05) is 19.0 Å². The summed E-state index contributed by atoms with van der Waals surface area (Å²) in [5.41, 5.74) is 0. The number of carbonyl (C=O) groups is 1. The van der Waals surface area contributed by atoms with Gasteiger partial charge < -0.3 is 14.4 Å². The van der Waals surface area contributed by atoms with E-state index in [1.165, 1.54) is 0 Å². The fraction of sp³-hybridized carbons (Fsp3) is 0.750. The van der Waals surface area contributed by atoms with Crippen molar-refractivity contribution in [2.24, 2.45) is 5.92 Å². The van der Waals surface area contributed by atoms with Crippen molar-refractivity contribution in [3.8, 4) is 0 Å². The van der Waals surface area contributed by atoms with Crippen molar-refractivity contribution in [3.05, 3.63) is 11.7 Å². The van der Waals surface area contributed by atoms with Gasteiger partial charge in [-0.3, -0.25) is 9.69 Å². The van der Waals surface area contributed by atoms with Gasteiger partial charge in [0.2, 0.25) is 5.89 Å². The van der Waals surface area contributed by atoms with Crippen LogP contribution in [0.4, 0.5) is 0 Å². The van der Waals surface area contributed by atoms with Gasteiger partial charge in [-0.15, -0.1) is 0 Å². The van der Waals surface area contributed by atoms with Crippen LogP contribution in [0.3, 0.4) is 0 Å². The molecule has 1 aromatic rings. The highest BCUT2D eigenvalue weighted by Crippen LogP contribution is 2.21. The number of hydrogen-bond donors (Lipinski definition) is 1. The Morgan fingerprint density at radius 2 is 2.26 bits per heavy atom. The number of carboxylic acids is 1. The van der Waals surface area contributed by atoms with Gasteiger partial charge in [-0.05, 0) is 6.54 Å². The lowest BCUT2D eigenvalue weighted by Crippen LogP contribution is -2.42. The van der Waals surface area contributed by atoms with Crippen molar-refractivity contribution in [1.82, 2.24) is 15.0 Å². The van der Waals surface area contributed by atoms with Crippen LogP contribution in [0.15, 0.2) is 4.52 Å². The Bertz CT molecular complexity index is 434. The monoisotopic (exact) mass is 269 g/mol. The maximum absolute atomic E-state index is 11.2. The zero-order chi connectivity index (χ0) is 13.8. The number of likely N-dealkylation sites (N-methyl/N-ethyl adjacent to an activating group) is 1. The second kappa shape index (κ2) is 6.12. The van der Waals surface area contributed by atoms with E-state index in [0.29, 0.717) is 31.4 Å². The minimum Gasteiger partial charge on any atom is -0.481 e. The normalized spacial score (nSPS) is 23.1. The first-order valence-corrected chi connectivity index (χ1v) is 6.51. The molecule has 106 valence electrons. The topological polar surface area (TPSA) is 88.7 Å². The summed E-state index contributed by atoms with van der Waals surface area (Å²) >= 11 is 0. The summed E-state index contributed by atoms with van der Waals surface area (Å²) in [5, 5.41) is 13.0. The van der Waals surface area contributed by atoms with Gasteiger partial charge in [0.25, 0.3) is 0 Å². The highest BCUT2D eigenvalue weighted by molar-refractivity contribution is 5.71. The molecule has 19 heavy (non-hydrogen) atoms. The Balaban J connectivity index is 2.05. The highest BCUT2D eigenvalue weighted by atomic mass is 16.5. The molecule has 1 fully saturated rings. The highest BCUT2D eigenvalue weighted by Gasteiger charge is 2.37. The zero-order valence-electron chi connectivity index (χ0n) is 11.2. The number of aromatic nitrogens is 2. The SMILES string of the molecule is CCc1noc(CN(CC)C2COCC2C(=O)O)n1. The number of carboxylic acid groups (broad SMARTS) is 1. The summed E-state index contributed by atoms with van der Waals surface area (Å²) in [5.74, 6) is -0.118. The van der Waals surface area contributed by atoms with E-state index >= 15 is 0 Å². The van der Waals surface area contributed by atoms with Gasteiger partial charge in [0.15, 0.2) is 5.82 Å². The van der Waals surface area contributed by atoms with Gasteiger partial charge >= 0.3 is 5.97 Å². The Morgan fingerprint density at radius 1 is 1.47 bits per heavy atom. The molecule has 1 N–H and O–H groups in total. The average Bonchev–Trinajstić information content (AvgIpc) is 3.04. The molecule has 0 aliphatic carbocycles. The average molecular weight is 269 g/mol. The lowest BCUT2D eigenvalue weighted by atomic mass is 10.0. The first-order valence-electron chi connectivity index (χ1n) is 6.51. The molecule has 0 aromatic carbocycles. The Hall–Kier alpha value is -1.47. The lowest BCUT2D eigenvalue weighted by Gasteiger charge is -2.27. The molecule has 0 amide bonds. The molecule has 0 saturated carbocycles. The van der Waals surface area contributed by atoms with Crippen molar-refractivity contribution < 1.29 is 19.2 Å². The third kappa shape index (κ3) is 3.10. The molecule has 2 atom stereocenters. The minimum atomic E-state index is -0.819. The molecule has 1 aromatic heterocycles. The van der Waals surface area contributed by atoms with Crippen LogP contribution >= 0.6 is 0 Å². The van der Waals surface area contributed by atoms with Crippen molar-refractivity contribution in [1.29, 1.82) is 0 Å². The largest absolute Gasteiger partial charge is 0.481 e. The van der Waals surface area contributed by atoms with E-state index in [2.05, 4.69) is 10.1 Å². The van der Waals surface area contributed by atoms with Crippen LogP contribution in [0.2, 0.25) is 0 Å². The number of aliphatic carboxylic acids is 1. The van der Waals surface area contributed by atoms with Gasteiger partial charge in [-0.25, -0.2) is 0 Å². The number of rotatable bonds is 6. The van der Waals surface area contributed by atoms with E-state index in [1.807, 2.05) is 18.7 Å². The molecular formula is C12H19N3O4. The van der Waals surface area contributed by atoms with E-state index in [-0.39, 0.29) is 12.6 Å². The summed E-state index contributed by atoms with van der Waals surface area (Å²) < 4.78 is 10.4. The molecule has 0 spiro atoms. The Kier molecular flexibility index (Phi) is 4.49. The van der Waals surface area contributed by atoms with E-state index < -0.39 is 11.9 Å². The van der Waals surface area contributed by atoms with Gasteiger partial charge in [0.1, 0.15) is 0 Å². The van der Waals surface area contributed by atoms with Gasteiger partial charge in [0, 0.05) is 12.5 Å². The smallest absolute Gasteiger partial charge is 0.310 e. The first kappa shape index (κ1) is 14.0. The third-order valence-corrected chi connectivity index (χ3v) is 3.41. The molecule has 1 aliphatic rings. The standard InChI is InChI=1S/C12H19N3O4/c1-3-10-13-11(19-14-10)5-15(4-2)9-7-18-6-8(9)12(16)17/h8-9H,3-7H2,1-2H3,(H,16,17). The predicted molar refractivity (Wildman–Crippen MR) is 65.5 cm³/mol. The van der Waals surface area contributed by atoms with Gasteiger partial charge in [-0.2, -0.15) is 4.98 Å². The fourth-order valence-electron chi connectivity index (χ4n) is 2.27. The van der Waals surface area contributed by atoms with Gasteiger partial charge in [0.05, 0.1) is 25.7 Å². The molecule has 0 radical (unpaired) electrons. The molecule has 1 aliphatic heterocycles. The van der Waals surface area contributed by atoms with Crippen molar-refractivity contribution in [3.63, 3.8) is 0 Å². The quantitative estimate of drug-likeness (QED) is 0.806. The van der Waals surface area contributed by atoms with Crippen LogP contribution in [0.5, 0.6) is 0 Å². The van der Waals surface area contributed by atoms with E-state index in [0.717, 1.165) is 6.42 Å². The maximum Gasteiger partial charge on any atom is 0.310 e. The van der Waals surface area contributed by atoms with Crippen molar-refractivity contribution in [2.75, 3.05) is 19.8 Å². The molecule has 7 nitrogen and oxygen atoms in total. The molecule has 0 bridgehead atoms. The van der Waals surface area contributed by atoms with Crippen LogP contribution < -0.4 is 0 Å². The first-order chi connectivity index (χ1) is 9.15. The molecule has 2 rings (SSSR count). The van der Waals surface area contributed by atoms with E-state index in [4.69, 9.17) is 9.26 Å².